The standard InChI is InChI=1S/C9H16ClO2PS/c1-8-5-3-4-6-9(8,2)12-13(10,14)11-7-8/h3-7H2,1-2H3. The number of fused-ring (bicyclic) bond motifs is 1. The van der Waals surface area contributed by atoms with E-state index in [1.165, 1.54) is 12.8 Å². The van der Waals surface area contributed by atoms with Crippen LogP contribution in [0.4, 0.5) is 0 Å². The fourth-order valence-electron chi connectivity index (χ4n) is 2.41. The maximum Gasteiger partial charge on any atom is 0.282 e. The molecule has 3 atom stereocenters. The minimum atomic E-state index is -2.48. The third-order valence-electron chi connectivity index (χ3n) is 3.76. The van der Waals surface area contributed by atoms with E-state index < -0.39 is 5.84 Å². The maximum atomic E-state index is 6.03. The van der Waals surface area contributed by atoms with E-state index in [-0.39, 0.29) is 11.0 Å². The lowest BCUT2D eigenvalue weighted by atomic mass is 9.65. The van der Waals surface area contributed by atoms with Crippen molar-refractivity contribution >= 4 is 28.9 Å². The van der Waals surface area contributed by atoms with Gasteiger partial charge < -0.3 is 9.05 Å². The van der Waals surface area contributed by atoms with Crippen LogP contribution in [0.25, 0.3) is 0 Å². The molecule has 0 amide bonds. The molecule has 0 aromatic rings. The minimum absolute atomic E-state index is 0.0997. The van der Waals surface area contributed by atoms with Crippen molar-refractivity contribution in [2.45, 2.75) is 45.1 Å². The van der Waals surface area contributed by atoms with Crippen LogP contribution in [-0.2, 0) is 20.9 Å². The average Bonchev–Trinajstić information content (AvgIpc) is 2.06. The van der Waals surface area contributed by atoms with Gasteiger partial charge in [-0.15, -0.1) is 0 Å². The molecule has 2 fully saturated rings. The molecule has 2 nitrogen and oxygen atoms in total. The summed E-state index contributed by atoms with van der Waals surface area (Å²) < 4.78 is 11.3. The first kappa shape index (κ1) is 11.3. The van der Waals surface area contributed by atoms with Crippen LogP contribution in [0.1, 0.15) is 39.5 Å². The zero-order valence-corrected chi connectivity index (χ0v) is 11.1. The van der Waals surface area contributed by atoms with E-state index >= 15 is 0 Å². The molecule has 0 N–H and O–H groups in total. The second kappa shape index (κ2) is 3.43. The number of rotatable bonds is 0. The topological polar surface area (TPSA) is 18.5 Å². The molecule has 1 aliphatic carbocycles. The lowest BCUT2D eigenvalue weighted by molar-refractivity contribution is -0.118. The Hall–Kier alpha value is 0.860. The van der Waals surface area contributed by atoms with Crippen LogP contribution >= 0.6 is 17.1 Å². The summed E-state index contributed by atoms with van der Waals surface area (Å²) in [4.78, 5) is 0. The second-order valence-corrected chi connectivity index (χ2v) is 9.47. The van der Waals surface area contributed by atoms with Crippen molar-refractivity contribution in [2.75, 3.05) is 6.61 Å². The highest BCUT2D eigenvalue weighted by atomic mass is 35.7. The van der Waals surface area contributed by atoms with Gasteiger partial charge in [-0.1, -0.05) is 19.8 Å². The molecule has 2 aliphatic rings. The van der Waals surface area contributed by atoms with E-state index in [9.17, 15) is 0 Å². The molecule has 0 bridgehead atoms. The van der Waals surface area contributed by atoms with Gasteiger partial charge in [0.25, 0.3) is 5.84 Å². The van der Waals surface area contributed by atoms with E-state index in [2.05, 4.69) is 13.8 Å². The van der Waals surface area contributed by atoms with Crippen molar-refractivity contribution in [2.24, 2.45) is 5.41 Å². The van der Waals surface area contributed by atoms with Gasteiger partial charge in [-0.05, 0) is 42.8 Å². The first-order chi connectivity index (χ1) is 6.37. The van der Waals surface area contributed by atoms with Gasteiger partial charge in [0.05, 0.1) is 12.2 Å². The van der Waals surface area contributed by atoms with Gasteiger partial charge in [-0.3, -0.25) is 0 Å². The molecule has 1 saturated carbocycles. The molecule has 5 heteroatoms. The van der Waals surface area contributed by atoms with Crippen LogP contribution in [0.2, 0.25) is 0 Å². The Morgan fingerprint density at radius 2 is 1.93 bits per heavy atom. The normalized spacial score (nSPS) is 53.9. The minimum Gasteiger partial charge on any atom is -0.317 e. The summed E-state index contributed by atoms with van der Waals surface area (Å²) in [5.41, 5.74) is -0.0662. The van der Waals surface area contributed by atoms with Crippen molar-refractivity contribution < 1.29 is 9.05 Å². The molecule has 0 spiro atoms. The highest BCUT2D eigenvalue weighted by molar-refractivity contribution is 8.22. The summed E-state index contributed by atoms with van der Waals surface area (Å²) >= 11 is 11.1. The van der Waals surface area contributed by atoms with Gasteiger partial charge in [-0.2, -0.15) is 0 Å². The van der Waals surface area contributed by atoms with Crippen LogP contribution in [0, 0.1) is 5.41 Å². The second-order valence-electron chi connectivity index (χ2n) is 4.79. The fourth-order valence-corrected chi connectivity index (χ4v) is 4.95. The van der Waals surface area contributed by atoms with E-state index in [0.717, 1.165) is 12.8 Å². The Balaban J connectivity index is 2.28. The number of halogens is 1. The zero-order chi connectivity index (χ0) is 10.4. The Morgan fingerprint density at radius 3 is 2.64 bits per heavy atom. The van der Waals surface area contributed by atoms with Crippen LogP contribution in [-0.4, -0.2) is 12.2 Å². The molecule has 14 heavy (non-hydrogen) atoms. The van der Waals surface area contributed by atoms with Gasteiger partial charge in [-0.25, -0.2) is 0 Å². The first-order valence-electron chi connectivity index (χ1n) is 5.02. The Kier molecular flexibility index (Phi) is 2.78. The SMILES string of the molecule is CC12CCCCC1(C)OP(=S)(Cl)OC2. The summed E-state index contributed by atoms with van der Waals surface area (Å²) in [6.45, 7) is 5.01. The third-order valence-corrected chi connectivity index (χ3v) is 5.86. The Labute approximate surface area is 95.3 Å². The lowest BCUT2D eigenvalue weighted by Crippen LogP contribution is -2.52. The van der Waals surface area contributed by atoms with Crippen molar-refractivity contribution in [3.05, 3.63) is 0 Å². The molecule has 0 radical (unpaired) electrons. The summed E-state index contributed by atoms with van der Waals surface area (Å²) in [7, 11) is 0. The molecule has 1 aliphatic heterocycles. The summed E-state index contributed by atoms with van der Waals surface area (Å²) in [6.07, 6.45) is 4.66. The third kappa shape index (κ3) is 1.78. The van der Waals surface area contributed by atoms with Gasteiger partial charge >= 0.3 is 0 Å². The van der Waals surface area contributed by atoms with Crippen molar-refractivity contribution in [3.8, 4) is 0 Å². The predicted molar refractivity (Wildman–Crippen MR) is 62.2 cm³/mol. The van der Waals surface area contributed by atoms with E-state index in [1.807, 2.05) is 0 Å². The predicted octanol–water partition coefficient (Wildman–Crippen LogP) is 3.84. The van der Waals surface area contributed by atoms with Gasteiger partial charge in [0.1, 0.15) is 0 Å². The van der Waals surface area contributed by atoms with Crippen LogP contribution in [0.3, 0.4) is 0 Å². The van der Waals surface area contributed by atoms with E-state index in [4.69, 9.17) is 32.1 Å². The van der Waals surface area contributed by atoms with Crippen molar-refractivity contribution in [3.63, 3.8) is 0 Å². The monoisotopic (exact) mass is 254 g/mol. The molecule has 1 saturated heterocycles. The highest BCUT2D eigenvalue weighted by Crippen LogP contribution is 2.66. The molecule has 2 rings (SSSR count). The summed E-state index contributed by atoms with van der Waals surface area (Å²) in [6, 6.07) is 0. The lowest BCUT2D eigenvalue weighted by Gasteiger charge is -2.53. The van der Waals surface area contributed by atoms with Gasteiger partial charge in [0, 0.05) is 5.41 Å². The molecular formula is C9H16ClO2PS. The van der Waals surface area contributed by atoms with Gasteiger partial charge in [0.2, 0.25) is 0 Å². The first-order valence-corrected chi connectivity index (χ1v) is 8.56. The van der Waals surface area contributed by atoms with Crippen LogP contribution in [0.5, 0.6) is 0 Å². The molecule has 1 heterocycles. The maximum absolute atomic E-state index is 6.03. The molecule has 0 aromatic carbocycles. The Bertz CT molecular complexity index is 299. The number of hydrogen-bond donors (Lipinski definition) is 0. The molecular weight excluding hydrogens is 239 g/mol. The number of hydrogen-bond acceptors (Lipinski definition) is 3. The molecule has 3 unspecified atom stereocenters. The summed E-state index contributed by atoms with van der Waals surface area (Å²) in [5.74, 6) is -2.48. The Morgan fingerprint density at radius 1 is 1.29 bits per heavy atom. The largest absolute Gasteiger partial charge is 0.317 e. The van der Waals surface area contributed by atoms with E-state index in [1.54, 1.807) is 0 Å². The quantitative estimate of drug-likeness (QED) is 0.612. The summed E-state index contributed by atoms with van der Waals surface area (Å²) in [5, 5.41) is 0. The van der Waals surface area contributed by atoms with E-state index in [0.29, 0.717) is 6.61 Å². The smallest absolute Gasteiger partial charge is 0.282 e. The fraction of sp³-hybridized carbons (Fsp3) is 1.00. The highest BCUT2D eigenvalue weighted by Gasteiger charge is 2.53. The van der Waals surface area contributed by atoms with Crippen LogP contribution in [0.15, 0.2) is 0 Å². The van der Waals surface area contributed by atoms with Crippen molar-refractivity contribution in [1.82, 2.24) is 0 Å². The molecule has 0 aromatic heterocycles. The zero-order valence-electron chi connectivity index (χ0n) is 8.59. The molecule has 82 valence electrons. The van der Waals surface area contributed by atoms with Crippen LogP contribution < -0.4 is 0 Å². The van der Waals surface area contributed by atoms with Crippen molar-refractivity contribution in [1.29, 1.82) is 0 Å². The average molecular weight is 255 g/mol. The van der Waals surface area contributed by atoms with Gasteiger partial charge in [0.15, 0.2) is 0 Å².